The number of para-hydroxylation sites is 1. The van der Waals surface area contributed by atoms with Crippen LogP contribution in [-0.2, 0) is 46.1 Å². The number of hydroxylamine groups is 2. The first-order valence-electron chi connectivity index (χ1n) is 16.0. The fraction of sp³-hybridized carbons (Fsp3) is 0.543. The highest BCUT2D eigenvalue weighted by molar-refractivity contribution is 6.01. The van der Waals surface area contributed by atoms with Gasteiger partial charge in [-0.2, -0.15) is 0 Å². The van der Waals surface area contributed by atoms with Crippen molar-refractivity contribution in [2.75, 3.05) is 34.2 Å². The van der Waals surface area contributed by atoms with Crippen LogP contribution in [0.1, 0.15) is 66.4 Å². The summed E-state index contributed by atoms with van der Waals surface area (Å²) < 4.78 is 2.05. The molecular weight excluding hydrogens is 616 g/mol. The second kappa shape index (κ2) is 15.1. The van der Waals surface area contributed by atoms with Gasteiger partial charge in [0.1, 0.15) is 6.04 Å². The molecule has 1 aromatic carbocycles. The Bertz CT molecular complexity index is 1580. The molecule has 1 aliphatic heterocycles. The van der Waals surface area contributed by atoms with Crippen molar-refractivity contribution in [3.8, 4) is 0 Å². The first kappa shape index (κ1) is 37.9. The zero-order chi connectivity index (χ0) is 36.1. The van der Waals surface area contributed by atoms with E-state index in [-0.39, 0.29) is 44.2 Å². The van der Waals surface area contributed by atoms with Gasteiger partial charge >= 0.3 is 5.97 Å². The summed E-state index contributed by atoms with van der Waals surface area (Å²) in [6.07, 6.45) is 3.39. The van der Waals surface area contributed by atoms with Crippen molar-refractivity contribution < 1.29 is 33.6 Å². The van der Waals surface area contributed by atoms with Crippen molar-refractivity contribution in [2.24, 2.45) is 12.5 Å². The van der Waals surface area contributed by atoms with Crippen LogP contribution in [0.2, 0.25) is 0 Å². The van der Waals surface area contributed by atoms with Crippen molar-refractivity contribution in [3.05, 3.63) is 47.7 Å². The number of aromatic nitrogens is 1. The van der Waals surface area contributed by atoms with Crippen LogP contribution < -0.4 is 10.6 Å². The molecule has 2 aromatic rings. The van der Waals surface area contributed by atoms with Gasteiger partial charge in [-0.1, -0.05) is 58.9 Å². The molecule has 1 unspecified atom stereocenters. The molecule has 1 aliphatic rings. The van der Waals surface area contributed by atoms with Gasteiger partial charge in [0.2, 0.25) is 17.7 Å². The van der Waals surface area contributed by atoms with E-state index in [1.165, 1.54) is 4.90 Å². The average molecular weight is 667 g/mol. The number of hydrogen-bond acceptors (Lipinski definition) is 8. The predicted molar refractivity (Wildman–Crippen MR) is 181 cm³/mol. The quantitative estimate of drug-likeness (QED) is 0.245. The Balaban J connectivity index is 1.65. The number of amides is 5. The highest BCUT2D eigenvalue weighted by atomic mass is 16.7. The summed E-state index contributed by atoms with van der Waals surface area (Å²) in [5.41, 5.74) is 1.15. The number of fused-ring (bicyclic) bond motifs is 1. The molecule has 5 amide bonds. The van der Waals surface area contributed by atoms with Crippen LogP contribution >= 0.6 is 0 Å². The van der Waals surface area contributed by atoms with Crippen LogP contribution in [0, 0.1) is 5.41 Å². The van der Waals surface area contributed by atoms with Gasteiger partial charge < -0.3 is 24.9 Å². The lowest BCUT2D eigenvalue weighted by molar-refractivity contribution is -0.197. The largest absolute Gasteiger partial charge is 0.352 e. The van der Waals surface area contributed by atoms with E-state index in [1.807, 2.05) is 78.9 Å². The third-order valence-corrected chi connectivity index (χ3v) is 8.66. The number of carbonyl (C=O) groups excluding carboxylic acids is 6. The van der Waals surface area contributed by atoms with E-state index in [9.17, 15) is 28.8 Å². The second-order valence-corrected chi connectivity index (χ2v) is 14.2. The van der Waals surface area contributed by atoms with Gasteiger partial charge in [-0.3, -0.25) is 28.9 Å². The number of imide groups is 1. The molecule has 0 aliphatic carbocycles. The summed E-state index contributed by atoms with van der Waals surface area (Å²) in [6, 6.07) is 6.61. The molecular formula is C35H50N6O7. The monoisotopic (exact) mass is 666 g/mol. The van der Waals surface area contributed by atoms with E-state index >= 15 is 0 Å². The Morgan fingerprint density at radius 1 is 1.00 bits per heavy atom. The van der Waals surface area contributed by atoms with Crippen LogP contribution in [0.4, 0.5) is 0 Å². The smallest absolute Gasteiger partial charge is 0.334 e. The minimum Gasteiger partial charge on any atom is -0.352 e. The zero-order valence-electron chi connectivity index (χ0n) is 29.8. The van der Waals surface area contributed by atoms with E-state index in [2.05, 4.69) is 27.5 Å². The summed E-state index contributed by atoms with van der Waals surface area (Å²) in [5.74, 6) is -3.02. The number of benzene rings is 1. The van der Waals surface area contributed by atoms with E-state index in [0.717, 1.165) is 16.5 Å². The Hall–Kier alpha value is -4.52. The van der Waals surface area contributed by atoms with Crippen molar-refractivity contribution in [1.82, 2.24) is 30.1 Å². The van der Waals surface area contributed by atoms with Crippen LogP contribution in [0.15, 0.2) is 42.1 Å². The minimum absolute atomic E-state index is 0.00662. The Labute approximate surface area is 282 Å². The maximum absolute atomic E-state index is 14.1. The number of hydrogen-bond donors (Lipinski definition) is 2. The van der Waals surface area contributed by atoms with Crippen LogP contribution in [0.5, 0.6) is 0 Å². The average Bonchev–Trinajstić information content (AvgIpc) is 3.51. The molecule has 3 rings (SSSR count). The van der Waals surface area contributed by atoms with Crippen LogP contribution in [0.3, 0.4) is 0 Å². The summed E-state index contributed by atoms with van der Waals surface area (Å²) in [7, 11) is 7.30. The van der Waals surface area contributed by atoms with Gasteiger partial charge in [-0.15, -0.1) is 5.06 Å². The Morgan fingerprint density at radius 2 is 1.60 bits per heavy atom. The first-order valence-corrected chi connectivity index (χ1v) is 16.0. The third kappa shape index (κ3) is 8.68. The molecule has 0 radical (unpaired) electrons. The normalized spacial score (nSPS) is 15.5. The third-order valence-electron chi connectivity index (χ3n) is 8.66. The summed E-state index contributed by atoms with van der Waals surface area (Å²) in [4.78, 5) is 83.8. The molecule has 262 valence electrons. The second-order valence-electron chi connectivity index (χ2n) is 14.2. The zero-order valence-corrected chi connectivity index (χ0v) is 29.8. The lowest BCUT2D eigenvalue weighted by Crippen LogP contribution is -2.61. The van der Waals surface area contributed by atoms with Crippen molar-refractivity contribution in [3.63, 3.8) is 0 Å². The van der Waals surface area contributed by atoms with Crippen LogP contribution in [0.25, 0.3) is 10.9 Å². The number of carbonyl (C=O) groups is 6. The molecule has 1 saturated heterocycles. The SMILES string of the molecule is C/C(=C\CN(C)C(=O)C(NC(=O)[C@@H](N(C)C)C(C)(C)c1cn(C)c2ccccc12)C(C)(C)C)C(=O)NCCC(=O)ON1C(=O)CCC1=O. The standard InChI is InChI=1S/C35H50N6O7/c1-22(31(45)36-19-17-28(44)48-41-26(42)15-16-27(41)43)18-20-39(9)33(47)29(34(2,3)4)37-32(46)30(38(7)8)35(5,6)24-21-40(10)25-14-12-11-13-23(24)25/h11-14,18,21,29-30H,15-17,19-20H2,1-10H3,(H,36,45)(H,37,46)/b22-18+/t29?,30-/m1/s1. The fourth-order valence-corrected chi connectivity index (χ4v) is 5.98. The van der Waals surface area contributed by atoms with Crippen molar-refractivity contribution >= 4 is 46.4 Å². The van der Waals surface area contributed by atoms with Gasteiger partial charge in [-0.25, -0.2) is 4.79 Å². The van der Waals surface area contributed by atoms with Crippen molar-refractivity contribution in [2.45, 2.75) is 78.3 Å². The van der Waals surface area contributed by atoms with Gasteiger partial charge in [0.05, 0.1) is 12.5 Å². The molecule has 2 heterocycles. The summed E-state index contributed by atoms with van der Waals surface area (Å²) in [5, 5.41) is 7.17. The van der Waals surface area contributed by atoms with Crippen molar-refractivity contribution in [1.29, 1.82) is 0 Å². The van der Waals surface area contributed by atoms with E-state index in [4.69, 9.17) is 4.84 Å². The van der Waals surface area contributed by atoms with Gasteiger partial charge in [-0.05, 0) is 38.1 Å². The van der Waals surface area contributed by atoms with E-state index in [0.29, 0.717) is 10.6 Å². The number of nitrogens with zero attached hydrogens (tertiary/aromatic N) is 4. The molecule has 0 spiro atoms. The number of nitrogens with one attached hydrogen (secondary N) is 2. The highest BCUT2D eigenvalue weighted by Gasteiger charge is 2.43. The maximum Gasteiger partial charge on any atom is 0.334 e. The maximum atomic E-state index is 14.1. The molecule has 0 bridgehead atoms. The van der Waals surface area contributed by atoms with Gasteiger partial charge in [0.25, 0.3) is 11.8 Å². The summed E-state index contributed by atoms with van der Waals surface area (Å²) >= 11 is 0. The lowest BCUT2D eigenvalue weighted by atomic mass is 9.76. The predicted octanol–water partition coefficient (Wildman–Crippen LogP) is 2.44. The first-order chi connectivity index (χ1) is 22.3. The molecule has 48 heavy (non-hydrogen) atoms. The molecule has 2 N–H and O–H groups in total. The summed E-state index contributed by atoms with van der Waals surface area (Å²) in [6.45, 7) is 11.3. The molecule has 0 saturated carbocycles. The topological polar surface area (TPSA) is 150 Å². The molecule has 13 heteroatoms. The molecule has 1 aromatic heterocycles. The highest BCUT2D eigenvalue weighted by Crippen LogP contribution is 2.36. The molecule has 2 atom stereocenters. The van der Waals surface area contributed by atoms with E-state index in [1.54, 1.807) is 20.0 Å². The Morgan fingerprint density at radius 3 is 2.19 bits per heavy atom. The molecule has 1 fully saturated rings. The fourth-order valence-electron chi connectivity index (χ4n) is 5.98. The number of aryl methyl sites for hydroxylation is 1. The number of rotatable bonds is 13. The number of likely N-dealkylation sites (N-methyl/N-ethyl adjacent to an activating group) is 2. The van der Waals surface area contributed by atoms with Gasteiger partial charge in [0.15, 0.2) is 0 Å². The van der Waals surface area contributed by atoms with Crippen LogP contribution in [-0.4, -0.2) is 101 Å². The molecule has 13 nitrogen and oxygen atoms in total. The van der Waals surface area contributed by atoms with Gasteiger partial charge in [0, 0.05) is 68.1 Å². The van der Waals surface area contributed by atoms with E-state index < -0.39 is 46.6 Å². The lowest BCUT2D eigenvalue weighted by Gasteiger charge is -2.40. The minimum atomic E-state index is -0.858. The Kier molecular flexibility index (Phi) is 12.0.